The lowest BCUT2D eigenvalue weighted by atomic mass is 10.1. The average Bonchev–Trinajstić information content (AvgIpc) is 2.91. The van der Waals surface area contributed by atoms with Crippen LogP contribution < -0.4 is 5.32 Å². The summed E-state index contributed by atoms with van der Waals surface area (Å²) in [7, 11) is 0. The molecule has 1 aromatic heterocycles. The van der Waals surface area contributed by atoms with Gasteiger partial charge in [-0.3, -0.25) is 9.48 Å². The summed E-state index contributed by atoms with van der Waals surface area (Å²) < 4.78 is 7.69. The first kappa shape index (κ1) is 14.1. The molecule has 2 heterocycles. The Hall–Kier alpha value is -1.85. The van der Waals surface area contributed by atoms with Crippen LogP contribution in [0.25, 0.3) is 0 Å². The van der Waals surface area contributed by atoms with Gasteiger partial charge in [0.1, 0.15) is 6.10 Å². The summed E-state index contributed by atoms with van der Waals surface area (Å²) in [6.07, 6.45) is -0.0725. The first-order valence-corrected chi connectivity index (χ1v) is 7.27. The molecule has 0 bridgehead atoms. The quantitative estimate of drug-likeness (QED) is 0.948. The van der Waals surface area contributed by atoms with Crippen molar-refractivity contribution in [1.29, 1.82) is 0 Å². The molecule has 0 fully saturated rings. The number of hydrogen-bond donors (Lipinski definition) is 1. The number of ether oxygens (including phenoxy) is 1. The van der Waals surface area contributed by atoms with E-state index in [1.807, 2.05) is 35.9 Å². The average molecular weight is 306 g/mol. The van der Waals surface area contributed by atoms with Gasteiger partial charge in [-0.25, -0.2) is 0 Å². The number of rotatable bonds is 3. The number of benzene rings is 1. The van der Waals surface area contributed by atoms with Gasteiger partial charge >= 0.3 is 0 Å². The molecule has 1 aromatic carbocycles. The van der Waals surface area contributed by atoms with Crippen molar-refractivity contribution < 1.29 is 9.53 Å². The molecule has 1 amide bonds. The maximum atomic E-state index is 11.8. The largest absolute Gasteiger partial charge is 0.365 e. The zero-order valence-electron chi connectivity index (χ0n) is 11.7. The molecule has 3 rings (SSSR count). The Morgan fingerprint density at radius 3 is 2.95 bits per heavy atom. The summed E-state index contributed by atoms with van der Waals surface area (Å²) in [6, 6.07) is 9.37. The number of fused-ring (bicyclic) bond motifs is 1. The predicted octanol–water partition coefficient (Wildman–Crippen LogP) is 2.56. The lowest BCUT2D eigenvalue weighted by molar-refractivity contribution is -0.00119. The molecule has 5 nitrogen and oxygen atoms in total. The first-order valence-electron chi connectivity index (χ1n) is 6.89. The van der Waals surface area contributed by atoms with Crippen molar-refractivity contribution in [2.24, 2.45) is 0 Å². The third-order valence-corrected chi connectivity index (χ3v) is 3.70. The lowest BCUT2D eigenvalue weighted by Crippen LogP contribution is -2.24. The highest BCUT2D eigenvalue weighted by atomic mass is 35.5. The molecule has 0 saturated heterocycles. The Labute approximate surface area is 127 Å². The van der Waals surface area contributed by atoms with Crippen molar-refractivity contribution in [3.8, 4) is 0 Å². The van der Waals surface area contributed by atoms with Gasteiger partial charge in [0.25, 0.3) is 5.91 Å². The van der Waals surface area contributed by atoms with Crippen molar-refractivity contribution in [2.45, 2.75) is 26.2 Å². The molecule has 0 radical (unpaired) electrons. The minimum Gasteiger partial charge on any atom is -0.365 e. The summed E-state index contributed by atoms with van der Waals surface area (Å²) in [5.41, 5.74) is 2.41. The van der Waals surface area contributed by atoms with Crippen LogP contribution in [0.1, 0.15) is 34.8 Å². The number of hydrogen-bond acceptors (Lipinski definition) is 3. The summed E-state index contributed by atoms with van der Waals surface area (Å²) in [5, 5.41) is 7.81. The molecule has 0 aliphatic carbocycles. The Balaban J connectivity index is 1.79. The van der Waals surface area contributed by atoms with Crippen molar-refractivity contribution in [3.63, 3.8) is 0 Å². The minimum absolute atomic E-state index is 0.0725. The van der Waals surface area contributed by atoms with Crippen LogP contribution in [0.3, 0.4) is 0 Å². The topological polar surface area (TPSA) is 56.2 Å². The highest BCUT2D eigenvalue weighted by molar-refractivity contribution is 6.30. The van der Waals surface area contributed by atoms with Gasteiger partial charge < -0.3 is 10.1 Å². The maximum absolute atomic E-state index is 11.8. The number of nitrogens with one attached hydrogen (secondary N) is 1. The molecular formula is C15H16ClN3O2. The van der Waals surface area contributed by atoms with Gasteiger partial charge in [-0.15, -0.1) is 0 Å². The van der Waals surface area contributed by atoms with E-state index < -0.39 is 0 Å². The molecule has 0 spiro atoms. The van der Waals surface area contributed by atoms with Gasteiger partial charge in [-0.05, 0) is 30.7 Å². The van der Waals surface area contributed by atoms with Crippen LogP contribution >= 0.6 is 11.6 Å². The minimum atomic E-state index is -0.151. The normalized spacial score (nSPS) is 17.3. The van der Waals surface area contributed by atoms with Crippen LogP contribution in [-0.4, -0.2) is 22.2 Å². The summed E-state index contributed by atoms with van der Waals surface area (Å²) in [6.45, 7) is 3.51. The van der Waals surface area contributed by atoms with Gasteiger partial charge in [0.15, 0.2) is 5.69 Å². The third kappa shape index (κ3) is 2.94. The van der Waals surface area contributed by atoms with E-state index in [0.717, 1.165) is 11.3 Å². The molecule has 21 heavy (non-hydrogen) atoms. The van der Waals surface area contributed by atoms with Gasteiger partial charge in [0, 0.05) is 11.6 Å². The van der Waals surface area contributed by atoms with E-state index in [2.05, 4.69) is 10.4 Å². The molecule has 1 aliphatic heterocycles. The third-order valence-electron chi connectivity index (χ3n) is 3.45. The molecule has 1 N–H and O–H groups in total. The summed E-state index contributed by atoms with van der Waals surface area (Å²) in [5.74, 6) is -0.151. The SMILES string of the molecule is CCNC(=O)c1cc2n(n1)CC(c1ccc(Cl)cc1)OC2. The van der Waals surface area contributed by atoms with Gasteiger partial charge in [0.2, 0.25) is 0 Å². The van der Waals surface area contributed by atoms with E-state index in [0.29, 0.717) is 30.4 Å². The molecule has 1 unspecified atom stereocenters. The summed E-state index contributed by atoms with van der Waals surface area (Å²) in [4.78, 5) is 11.8. The highest BCUT2D eigenvalue weighted by Gasteiger charge is 2.23. The smallest absolute Gasteiger partial charge is 0.271 e. The Bertz CT molecular complexity index is 651. The van der Waals surface area contributed by atoms with Gasteiger partial charge in [-0.1, -0.05) is 23.7 Å². The fourth-order valence-electron chi connectivity index (χ4n) is 2.37. The zero-order chi connectivity index (χ0) is 14.8. The van der Waals surface area contributed by atoms with E-state index in [1.165, 1.54) is 0 Å². The van der Waals surface area contributed by atoms with E-state index in [1.54, 1.807) is 6.07 Å². The Kier molecular flexibility index (Phi) is 3.94. The second kappa shape index (κ2) is 5.87. The molecule has 2 aromatic rings. The summed E-state index contributed by atoms with van der Waals surface area (Å²) >= 11 is 5.90. The number of amides is 1. The number of nitrogens with zero attached hydrogens (tertiary/aromatic N) is 2. The van der Waals surface area contributed by atoms with E-state index in [4.69, 9.17) is 16.3 Å². The number of carbonyl (C=O) groups excluding carboxylic acids is 1. The van der Waals surface area contributed by atoms with Crippen LogP contribution in [0.2, 0.25) is 5.02 Å². The van der Waals surface area contributed by atoms with Crippen LogP contribution in [-0.2, 0) is 17.9 Å². The van der Waals surface area contributed by atoms with Crippen LogP contribution in [0, 0.1) is 0 Å². The molecule has 110 valence electrons. The second-order valence-electron chi connectivity index (χ2n) is 4.91. The van der Waals surface area contributed by atoms with Crippen LogP contribution in [0.5, 0.6) is 0 Å². The van der Waals surface area contributed by atoms with Crippen LogP contribution in [0.4, 0.5) is 0 Å². The zero-order valence-corrected chi connectivity index (χ0v) is 12.4. The second-order valence-corrected chi connectivity index (χ2v) is 5.35. The number of aromatic nitrogens is 2. The lowest BCUT2D eigenvalue weighted by Gasteiger charge is -2.24. The number of carbonyl (C=O) groups is 1. The maximum Gasteiger partial charge on any atom is 0.271 e. The molecule has 6 heteroatoms. The van der Waals surface area contributed by atoms with Crippen molar-refractivity contribution in [3.05, 3.63) is 52.3 Å². The number of halogens is 1. The molecule has 0 saturated carbocycles. The van der Waals surface area contributed by atoms with Crippen molar-refractivity contribution >= 4 is 17.5 Å². The highest BCUT2D eigenvalue weighted by Crippen LogP contribution is 2.27. The van der Waals surface area contributed by atoms with E-state index in [-0.39, 0.29) is 12.0 Å². The van der Waals surface area contributed by atoms with Crippen molar-refractivity contribution in [2.75, 3.05) is 6.54 Å². The van der Waals surface area contributed by atoms with E-state index >= 15 is 0 Å². The van der Waals surface area contributed by atoms with Gasteiger partial charge in [0.05, 0.1) is 18.8 Å². The fourth-order valence-corrected chi connectivity index (χ4v) is 2.49. The monoisotopic (exact) mass is 305 g/mol. The molecular weight excluding hydrogens is 290 g/mol. The van der Waals surface area contributed by atoms with E-state index in [9.17, 15) is 4.79 Å². The molecule has 1 atom stereocenters. The van der Waals surface area contributed by atoms with Gasteiger partial charge in [-0.2, -0.15) is 5.10 Å². The Morgan fingerprint density at radius 2 is 2.24 bits per heavy atom. The van der Waals surface area contributed by atoms with Crippen molar-refractivity contribution in [1.82, 2.24) is 15.1 Å². The standard InChI is InChI=1S/C15H16ClN3O2/c1-2-17-15(20)13-7-12-9-21-14(8-19(12)18-13)10-3-5-11(16)6-4-10/h3-7,14H,2,8-9H2,1H3,(H,17,20). The fraction of sp³-hybridized carbons (Fsp3) is 0.333. The van der Waals surface area contributed by atoms with Crippen LogP contribution in [0.15, 0.2) is 30.3 Å². The predicted molar refractivity (Wildman–Crippen MR) is 79.2 cm³/mol. The molecule has 1 aliphatic rings. The Morgan fingerprint density at radius 1 is 1.48 bits per heavy atom. The first-order chi connectivity index (χ1) is 10.2.